The molecule has 1 aliphatic heterocycles. The molecule has 0 aromatic carbocycles. The van der Waals surface area contributed by atoms with Crippen molar-refractivity contribution in [1.82, 2.24) is 9.78 Å². The summed E-state index contributed by atoms with van der Waals surface area (Å²) in [6.45, 7) is 3.20. The van der Waals surface area contributed by atoms with Gasteiger partial charge in [0, 0.05) is 32.6 Å². The Bertz CT molecular complexity index is 308. The van der Waals surface area contributed by atoms with Gasteiger partial charge in [-0.3, -0.25) is 4.68 Å². The Morgan fingerprint density at radius 2 is 2.38 bits per heavy atom. The number of hydrogen-bond acceptors (Lipinski definition) is 4. The van der Waals surface area contributed by atoms with Crippen molar-refractivity contribution in [3.05, 3.63) is 12.4 Å². The van der Waals surface area contributed by atoms with Gasteiger partial charge in [0.15, 0.2) is 0 Å². The molecule has 0 bridgehead atoms. The summed E-state index contributed by atoms with van der Waals surface area (Å²) < 4.78 is 12.2. The molecule has 0 radical (unpaired) electrons. The summed E-state index contributed by atoms with van der Waals surface area (Å²) in [7, 11) is 1.70. The number of anilines is 1. The van der Waals surface area contributed by atoms with E-state index in [0.29, 0.717) is 12.6 Å². The van der Waals surface area contributed by atoms with E-state index in [0.717, 1.165) is 38.3 Å². The summed E-state index contributed by atoms with van der Waals surface area (Å²) in [5, 5.41) is 7.74. The average Bonchev–Trinajstić information content (AvgIpc) is 2.75. The summed E-state index contributed by atoms with van der Waals surface area (Å²) in [5.74, 6) is 0. The number of rotatable bonds is 5. The number of nitrogens with zero attached hydrogens (tertiary/aromatic N) is 2. The molecule has 2 heterocycles. The number of methoxy groups -OCH3 is 1. The monoisotopic (exact) mass is 225 g/mol. The van der Waals surface area contributed by atoms with Crippen molar-refractivity contribution in [3.63, 3.8) is 0 Å². The summed E-state index contributed by atoms with van der Waals surface area (Å²) >= 11 is 0. The molecular formula is C11H19N3O2. The third kappa shape index (κ3) is 3.21. The van der Waals surface area contributed by atoms with Gasteiger partial charge in [-0.1, -0.05) is 0 Å². The minimum atomic E-state index is 0.522. The van der Waals surface area contributed by atoms with Gasteiger partial charge < -0.3 is 14.8 Å². The molecule has 0 saturated carbocycles. The highest BCUT2D eigenvalue weighted by Gasteiger charge is 2.13. The third-order valence-corrected chi connectivity index (χ3v) is 2.75. The topological polar surface area (TPSA) is 48.3 Å². The number of hydrogen-bond donors (Lipinski definition) is 1. The Hall–Kier alpha value is -1.07. The summed E-state index contributed by atoms with van der Waals surface area (Å²) in [5.41, 5.74) is 1.09. The van der Waals surface area contributed by atoms with Crippen LogP contribution >= 0.6 is 0 Å². The average molecular weight is 225 g/mol. The molecule has 1 aliphatic rings. The maximum absolute atomic E-state index is 5.32. The van der Waals surface area contributed by atoms with Gasteiger partial charge in [-0.25, -0.2) is 0 Å². The highest BCUT2D eigenvalue weighted by atomic mass is 16.5. The lowest BCUT2D eigenvalue weighted by Gasteiger charge is -2.23. The van der Waals surface area contributed by atoms with E-state index in [-0.39, 0.29) is 0 Å². The van der Waals surface area contributed by atoms with E-state index in [4.69, 9.17) is 9.47 Å². The maximum Gasteiger partial charge on any atom is 0.0728 e. The molecule has 0 spiro atoms. The van der Waals surface area contributed by atoms with Gasteiger partial charge in [-0.15, -0.1) is 0 Å². The van der Waals surface area contributed by atoms with Crippen LogP contribution in [-0.4, -0.2) is 42.8 Å². The maximum atomic E-state index is 5.32. The molecule has 16 heavy (non-hydrogen) atoms. The molecule has 1 aromatic rings. The Labute approximate surface area is 95.7 Å². The Balaban J connectivity index is 1.81. The first kappa shape index (κ1) is 11.4. The molecule has 1 N–H and O–H groups in total. The van der Waals surface area contributed by atoms with Gasteiger partial charge in [0.25, 0.3) is 0 Å². The number of nitrogens with one attached hydrogen (secondary N) is 1. The van der Waals surface area contributed by atoms with Crippen molar-refractivity contribution in [2.75, 3.05) is 32.2 Å². The number of aromatic nitrogens is 2. The minimum absolute atomic E-state index is 0.522. The van der Waals surface area contributed by atoms with Crippen LogP contribution in [0.4, 0.5) is 5.69 Å². The van der Waals surface area contributed by atoms with Gasteiger partial charge in [0.1, 0.15) is 0 Å². The van der Waals surface area contributed by atoms with E-state index >= 15 is 0 Å². The quantitative estimate of drug-likeness (QED) is 0.815. The van der Waals surface area contributed by atoms with E-state index in [1.807, 2.05) is 17.1 Å². The van der Waals surface area contributed by atoms with Crippen molar-refractivity contribution < 1.29 is 9.47 Å². The molecule has 1 aromatic heterocycles. The van der Waals surface area contributed by atoms with Gasteiger partial charge in [0.2, 0.25) is 0 Å². The van der Waals surface area contributed by atoms with E-state index in [2.05, 4.69) is 10.4 Å². The second-order valence-corrected chi connectivity index (χ2v) is 4.02. The molecular weight excluding hydrogens is 206 g/mol. The molecule has 0 aliphatic carbocycles. The first-order valence-corrected chi connectivity index (χ1v) is 5.74. The van der Waals surface area contributed by atoms with Crippen LogP contribution in [0.2, 0.25) is 0 Å². The van der Waals surface area contributed by atoms with Crippen LogP contribution in [0.15, 0.2) is 12.4 Å². The van der Waals surface area contributed by atoms with Gasteiger partial charge in [-0.05, 0) is 12.8 Å². The van der Waals surface area contributed by atoms with Gasteiger partial charge in [-0.2, -0.15) is 5.10 Å². The molecule has 5 nitrogen and oxygen atoms in total. The third-order valence-electron chi connectivity index (χ3n) is 2.75. The van der Waals surface area contributed by atoms with Crippen molar-refractivity contribution >= 4 is 5.69 Å². The van der Waals surface area contributed by atoms with Gasteiger partial charge in [0.05, 0.1) is 25.0 Å². The molecule has 90 valence electrons. The fourth-order valence-corrected chi connectivity index (χ4v) is 1.82. The zero-order chi connectivity index (χ0) is 11.2. The van der Waals surface area contributed by atoms with Crippen LogP contribution in [0.3, 0.4) is 0 Å². The predicted octanol–water partition coefficient (Wildman–Crippen LogP) is 1.12. The lowest BCUT2D eigenvalue weighted by molar-refractivity contribution is 0.0904. The first-order valence-electron chi connectivity index (χ1n) is 5.74. The van der Waals surface area contributed by atoms with Crippen molar-refractivity contribution in [2.45, 2.75) is 25.4 Å². The fourth-order valence-electron chi connectivity index (χ4n) is 1.82. The summed E-state index contributed by atoms with van der Waals surface area (Å²) in [6.07, 6.45) is 6.03. The lowest BCUT2D eigenvalue weighted by atomic mass is 10.1. The van der Waals surface area contributed by atoms with Crippen molar-refractivity contribution in [1.29, 1.82) is 0 Å². The lowest BCUT2D eigenvalue weighted by Crippen LogP contribution is -2.27. The normalized spacial score (nSPS) is 17.6. The van der Waals surface area contributed by atoms with E-state index in [9.17, 15) is 0 Å². The zero-order valence-corrected chi connectivity index (χ0v) is 9.69. The predicted molar refractivity (Wildman–Crippen MR) is 61.6 cm³/mol. The van der Waals surface area contributed by atoms with Crippen LogP contribution in [0.25, 0.3) is 0 Å². The molecule has 5 heteroatoms. The van der Waals surface area contributed by atoms with Crippen LogP contribution in [-0.2, 0) is 16.0 Å². The summed E-state index contributed by atoms with van der Waals surface area (Å²) in [6, 6.07) is 0.522. The molecule has 2 rings (SSSR count). The van der Waals surface area contributed by atoms with Crippen LogP contribution in [0.1, 0.15) is 12.8 Å². The molecule has 1 fully saturated rings. The van der Waals surface area contributed by atoms with Crippen LogP contribution in [0, 0.1) is 0 Å². The highest BCUT2D eigenvalue weighted by Crippen LogP contribution is 2.14. The van der Waals surface area contributed by atoms with E-state index in [1.165, 1.54) is 0 Å². The second-order valence-electron chi connectivity index (χ2n) is 4.02. The second kappa shape index (κ2) is 5.86. The van der Waals surface area contributed by atoms with E-state index in [1.54, 1.807) is 7.11 Å². The largest absolute Gasteiger partial charge is 0.383 e. The van der Waals surface area contributed by atoms with Crippen LogP contribution in [0.5, 0.6) is 0 Å². The molecule has 0 unspecified atom stereocenters. The Morgan fingerprint density at radius 1 is 1.56 bits per heavy atom. The van der Waals surface area contributed by atoms with Crippen molar-refractivity contribution in [2.24, 2.45) is 0 Å². The molecule has 1 saturated heterocycles. The van der Waals surface area contributed by atoms with E-state index < -0.39 is 0 Å². The SMILES string of the molecule is COCCn1cc(NC2CCOCC2)cn1. The standard InChI is InChI=1S/C11H19N3O2/c1-15-7-4-14-9-11(8-12-14)13-10-2-5-16-6-3-10/h8-10,13H,2-7H2,1H3. The molecule has 0 atom stereocenters. The van der Waals surface area contributed by atoms with Gasteiger partial charge >= 0.3 is 0 Å². The Kier molecular flexibility index (Phi) is 4.18. The first-order chi connectivity index (χ1) is 7.88. The summed E-state index contributed by atoms with van der Waals surface area (Å²) in [4.78, 5) is 0. The Morgan fingerprint density at radius 3 is 3.12 bits per heavy atom. The van der Waals surface area contributed by atoms with Crippen LogP contribution < -0.4 is 5.32 Å². The number of ether oxygens (including phenoxy) is 2. The van der Waals surface area contributed by atoms with Crippen molar-refractivity contribution in [3.8, 4) is 0 Å². The highest BCUT2D eigenvalue weighted by molar-refractivity contribution is 5.39. The zero-order valence-electron chi connectivity index (χ0n) is 9.69. The molecule has 0 amide bonds. The fraction of sp³-hybridized carbons (Fsp3) is 0.727. The minimum Gasteiger partial charge on any atom is -0.383 e. The smallest absolute Gasteiger partial charge is 0.0728 e.